The number of imidazole rings is 1. The van der Waals surface area contributed by atoms with Crippen molar-refractivity contribution in [3.05, 3.63) is 185 Å². The zero-order valence-corrected chi connectivity index (χ0v) is 30.8. The van der Waals surface area contributed by atoms with Gasteiger partial charge in [-0.05, 0) is 60.6 Å². The van der Waals surface area contributed by atoms with Crippen LogP contribution in [0, 0.1) is 0 Å². The van der Waals surface area contributed by atoms with E-state index in [0.717, 1.165) is 38.9 Å². The number of amidine groups is 1. The molecule has 3 N–H and O–H groups in total. The molecule has 0 fully saturated rings. The van der Waals surface area contributed by atoms with Crippen molar-refractivity contribution in [2.75, 3.05) is 6.61 Å². The van der Waals surface area contributed by atoms with Crippen LogP contribution in [-0.4, -0.2) is 44.3 Å². The fourth-order valence-corrected chi connectivity index (χ4v) is 7.37. The Morgan fingerprint density at radius 3 is 1.85 bits per heavy atom. The summed E-state index contributed by atoms with van der Waals surface area (Å²) in [6.45, 7) is 5.58. The lowest BCUT2D eigenvalue weighted by molar-refractivity contribution is 0.0469. The Hall–Kier alpha value is -6.32. The Bertz CT molecular complexity index is 2180. The van der Waals surface area contributed by atoms with Crippen molar-refractivity contribution in [1.29, 1.82) is 0 Å². The Labute approximate surface area is 316 Å². The van der Waals surface area contributed by atoms with Gasteiger partial charge in [0.15, 0.2) is 11.5 Å². The number of nitrogens with zero attached hydrogens (tertiary/aromatic N) is 5. The number of nitrogens with two attached hydrogens (primary N) is 1. The van der Waals surface area contributed by atoms with Gasteiger partial charge in [-0.25, -0.2) is 14.8 Å². The molecule has 2 bridgehead atoms. The number of aromatic nitrogens is 2. The molecule has 0 amide bonds. The molecule has 6 aromatic rings. The van der Waals surface area contributed by atoms with Crippen molar-refractivity contribution >= 4 is 18.0 Å². The van der Waals surface area contributed by atoms with Gasteiger partial charge in [0.25, 0.3) is 0 Å². The number of aryl methyl sites for hydroxylation is 1. The van der Waals surface area contributed by atoms with E-state index in [1.165, 1.54) is 0 Å². The molecule has 0 saturated heterocycles. The topological polar surface area (TPSA) is 118 Å². The van der Waals surface area contributed by atoms with Gasteiger partial charge in [-0.15, -0.1) is 0 Å². The fraction of sp³-hybridized carbons (Fsp3) is 0.200. The van der Waals surface area contributed by atoms with Gasteiger partial charge in [0.2, 0.25) is 0 Å². The lowest BCUT2D eigenvalue weighted by Gasteiger charge is -2.44. The van der Waals surface area contributed by atoms with Crippen LogP contribution in [0.2, 0.25) is 0 Å². The minimum absolute atomic E-state index is 0.193. The molecule has 0 atom stereocenters. The average Bonchev–Trinajstić information content (AvgIpc) is 3.57. The molecule has 1 aromatic heterocycles. The number of hydrogen-bond acceptors (Lipinski definition) is 7. The number of fused-ring (bicyclic) bond motifs is 6. The summed E-state index contributed by atoms with van der Waals surface area (Å²) >= 11 is 0. The number of benzene rings is 5. The number of hydrazone groups is 2. The lowest BCUT2D eigenvalue weighted by atomic mass is 9.76. The van der Waals surface area contributed by atoms with Crippen molar-refractivity contribution in [3.63, 3.8) is 0 Å². The van der Waals surface area contributed by atoms with Gasteiger partial charge in [-0.3, -0.25) is 0 Å². The van der Waals surface area contributed by atoms with Gasteiger partial charge >= 0.3 is 5.97 Å². The van der Waals surface area contributed by atoms with Gasteiger partial charge in [0.05, 0.1) is 6.61 Å². The normalized spacial score (nSPS) is 14.2. The second kappa shape index (κ2) is 15.3. The van der Waals surface area contributed by atoms with Gasteiger partial charge in [0.1, 0.15) is 22.7 Å². The molecule has 0 unspecified atom stereocenters. The molecule has 5 aromatic carbocycles. The summed E-state index contributed by atoms with van der Waals surface area (Å²) in [5.74, 6) is 7.08. The minimum Gasteiger partial charge on any atom is -0.461 e. The number of esters is 1. The quantitative estimate of drug-likeness (QED) is 0.0752. The average molecular weight is 717 g/mol. The Morgan fingerprint density at radius 1 is 0.796 bits per heavy atom. The van der Waals surface area contributed by atoms with Crippen molar-refractivity contribution in [2.45, 2.75) is 51.3 Å². The predicted molar refractivity (Wildman–Crippen MR) is 213 cm³/mol. The molecule has 2 aliphatic rings. The summed E-state index contributed by atoms with van der Waals surface area (Å²) in [4.78, 5) is 18.4. The van der Waals surface area contributed by atoms with Crippen LogP contribution in [0.25, 0.3) is 11.1 Å². The lowest BCUT2D eigenvalue weighted by Crippen LogP contribution is -2.49. The summed E-state index contributed by atoms with van der Waals surface area (Å²) in [5.41, 5.74) is 4.61. The SMILES string of the molecule is CCOC(=O)c1c(C(C)(C)O)nc2n1Cc1ccc(cc1)-c1ccccc1C(=NN)N(C(c1ccccc1)(c1ccccc1)c1ccccc1)N=CCC2. The van der Waals surface area contributed by atoms with E-state index in [2.05, 4.69) is 59.7 Å². The highest BCUT2D eigenvalue weighted by Crippen LogP contribution is 2.44. The van der Waals surface area contributed by atoms with E-state index in [0.29, 0.717) is 31.0 Å². The highest BCUT2D eigenvalue weighted by atomic mass is 16.5. The second-order valence-electron chi connectivity index (χ2n) is 13.7. The Morgan fingerprint density at radius 2 is 1.33 bits per heavy atom. The predicted octanol–water partition coefficient (Wildman–Crippen LogP) is 7.85. The van der Waals surface area contributed by atoms with Crippen LogP contribution in [0.5, 0.6) is 0 Å². The van der Waals surface area contributed by atoms with E-state index >= 15 is 0 Å². The summed E-state index contributed by atoms with van der Waals surface area (Å²) < 4.78 is 7.38. The van der Waals surface area contributed by atoms with E-state index in [4.69, 9.17) is 20.7 Å². The first kappa shape index (κ1) is 36.1. The fourth-order valence-electron chi connectivity index (χ4n) is 7.37. The molecule has 0 saturated carbocycles. The van der Waals surface area contributed by atoms with Crippen LogP contribution in [-0.2, 0) is 28.8 Å². The molecule has 9 nitrogen and oxygen atoms in total. The number of carbonyl (C=O) groups excluding carboxylic acids is 1. The smallest absolute Gasteiger partial charge is 0.357 e. The molecule has 3 heterocycles. The molecular formula is C45H44N6O3. The van der Waals surface area contributed by atoms with Crippen molar-refractivity contribution < 1.29 is 14.6 Å². The van der Waals surface area contributed by atoms with Crippen LogP contribution >= 0.6 is 0 Å². The highest BCUT2D eigenvalue weighted by Gasteiger charge is 2.45. The monoisotopic (exact) mass is 716 g/mol. The molecule has 9 heteroatoms. The summed E-state index contributed by atoms with van der Waals surface area (Å²) in [7, 11) is 0. The third-order valence-corrected chi connectivity index (χ3v) is 9.78. The molecule has 8 rings (SSSR count). The first-order chi connectivity index (χ1) is 26.3. The Balaban J connectivity index is 1.52. The molecule has 272 valence electrons. The number of carbonyl (C=O) groups is 1. The molecule has 54 heavy (non-hydrogen) atoms. The second-order valence-corrected chi connectivity index (χ2v) is 13.7. The van der Waals surface area contributed by atoms with Crippen molar-refractivity contribution in [2.24, 2.45) is 16.0 Å². The molecule has 0 spiro atoms. The van der Waals surface area contributed by atoms with Gasteiger partial charge in [0, 0.05) is 24.7 Å². The zero-order valence-electron chi connectivity index (χ0n) is 30.8. The molecule has 2 aliphatic heterocycles. The van der Waals surface area contributed by atoms with E-state index in [9.17, 15) is 9.90 Å². The maximum Gasteiger partial charge on any atom is 0.357 e. The van der Waals surface area contributed by atoms with E-state index in [1.807, 2.05) is 101 Å². The third-order valence-electron chi connectivity index (χ3n) is 9.78. The van der Waals surface area contributed by atoms with Crippen molar-refractivity contribution in [3.8, 4) is 11.1 Å². The molecular weight excluding hydrogens is 673 g/mol. The zero-order chi connectivity index (χ0) is 37.7. The van der Waals surface area contributed by atoms with Crippen LogP contribution < -0.4 is 5.84 Å². The summed E-state index contributed by atoms with van der Waals surface area (Å²) in [5, 5.41) is 23.1. The Kier molecular flexibility index (Phi) is 10.2. The first-order valence-electron chi connectivity index (χ1n) is 18.2. The molecule has 0 radical (unpaired) electrons. The van der Waals surface area contributed by atoms with Crippen LogP contribution in [0.15, 0.2) is 150 Å². The summed E-state index contributed by atoms with van der Waals surface area (Å²) in [6.07, 6.45) is 2.71. The number of ether oxygens (including phenoxy) is 1. The standard InChI is InChI=1S/C45H44N6O3/c1-4-54-43(52)40-41(44(2,3)53)48-39-25-16-30-47-51(42(49-46)38-24-15-14-23-37(38)33-28-26-32(27-29-33)31-50(39)40)45(34-17-8-5-9-18-34,35-19-10-6-11-20-35)36-21-12-7-13-22-36/h5-15,17-24,26-30,53H,4,16,25,31,46H2,1-3H3. The van der Waals surface area contributed by atoms with Gasteiger partial charge in [-0.2, -0.15) is 10.2 Å². The van der Waals surface area contributed by atoms with E-state index in [1.54, 1.807) is 20.8 Å². The third kappa shape index (κ3) is 6.70. The number of hydrogen-bond donors (Lipinski definition) is 2. The number of rotatable bonds is 7. The largest absolute Gasteiger partial charge is 0.461 e. The van der Waals surface area contributed by atoms with Crippen LogP contribution in [0.3, 0.4) is 0 Å². The number of aliphatic hydroxyl groups is 1. The van der Waals surface area contributed by atoms with Crippen LogP contribution in [0.4, 0.5) is 0 Å². The summed E-state index contributed by atoms with van der Waals surface area (Å²) in [6, 6.07) is 47.1. The van der Waals surface area contributed by atoms with Gasteiger partial charge < -0.3 is 20.3 Å². The maximum absolute atomic E-state index is 13.5. The molecule has 0 aliphatic carbocycles. The van der Waals surface area contributed by atoms with Crippen LogP contribution in [0.1, 0.15) is 77.0 Å². The van der Waals surface area contributed by atoms with Crippen molar-refractivity contribution in [1.82, 2.24) is 14.6 Å². The van der Waals surface area contributed by atoms with E-state index in [-0.39, 0.29) is 18.0 Å². The van der Waals surface area contributed by atoms with Gasteiger partial charge in [-0.1, -0.05) is 140 Å². The minimum atomic E-state index is -1.39. The maximum atomic E-state index is 13.5. The highest BCUT2D eigenvalue weighted by molar-refractivity contribution is 6.05. The van der Waals surface area contributed by atoms with E-state index < -0.39 is 17.1 Å². The first-order valence-corrected chi connectivity index (χ1v) is 18.2.